The van der Waals surface area contributed by atoms with Crippen molar-refractivity contribution in [2.24, 2.45) is 0 Å². The van der Waals surface area contributed by atoms with E-state index in [1.54, 1.807) is 54.6 Å². The predicted molar refractivity (Wildman–Crippen MR) is 131 cm³/mol. The van der Waals surface area contributed by atoms with Gasteiger partial charge < -0.3 is 10.6 Å². The Morgan fingerprint density at radius 2 is 1.55 bits per heavy atom. The van der Waals surface area contributed by atoms with Crippen LogP contribution in [0.15, 0.2) is 72.8 Å². The van der Waals surface area contributed by atoms with Crippen LogP contribution in [0.3, 0.4) is 0 Å². The summed E-state index contributed by atoms with van der Waals surface area (Å²) in [6, 6.07) is 20.2. The molecule has 4 aromatic rings. The van der Waals surface area contributed by atoms with Gasteiger partial charge in [0.2, 0.25) is 0 Å². The third kappa shape index (κ3) is 5.00. The number of carbonyl (C=O) groups excluding carboxylic acids is 3. The molecular weight excluding hydrogens is 463 g/mol. The zero-order chi connectivity index (χ0) is 23.5. The Hall–Kier alpha value is -3.81. The van der Waals surface area contributed by atoms with Crippen molar-refractivity contribution in [1.29, 1.82) is 0 Å². The normalized spacial score (nSPS) is 10.6. The van der Waals surface area contributed by atoms with Crippen LogP contribution in [0.5, 0.6) is 0 Å². The van der Waals surface area contributed by atoms with Crippen LogP contribution in [0.2, 0.25) is 10.0 Å². The molecule has 0 fully saturated rings. The van der Waals surface area contributed by atoms with Crippen molar-refractivity contribution in [2.75, 3.05) is 16.1 Å². The molecule has 3 N–H and O–H groups in total. The highest BCUT2D eigenvalue weighted by molar-refractivity contribution is 6.42. The zero-order valence-electron chi connectivity index (χ0n) is 17.4. The molecule has 7 nitrogen and oxygen atoms in total. The molecule has 0 aliphatic carbocycles. The number of hydrogen-bond donors (Lipinski definition) is 3. The Balaban J connectivity index is 1.64. The van der Waals surface area contributed by atoms with Crippen molar-refractivity contribution >= 4 is 63.2 Å². The van der Waals surface area contributed by atoms with E-state index in [1.165, 1.54) is 10.7 Å². The number of fused-ring (bicyclic) bond motifs is 1. The Morgan fingerprint density at radius 1 is 0.788 bits per heavy atom. The van der Waals surface area contributed by atoms with Crippen molar-refractivity contribution in [3.63, 3.8) is 0 Å². The molecule has 0 aliphatic rings. The molecule has 1 aromatic heterocycles. The summed E-state index contributed by atoms with van der Waals surface area (Å²) in [6.07, 6.45) is 0. The first kappa shape index (κ1) is 22.4. The fourth-order valence-corrected chi connectivity index (χ4v) is 3.65. The summed E-state index contributed by atoms with van der Waals surface area (Å²) in [5.41, 5.74) is 4.99. The molecule has 4 rings (SSSR count). The molecule has 0 saturated carbocycles. The molecule has 166 valence electrons. The van der Waals surface area contributed by atoms with E-state index in [1.807, 2.05) is 19.1 Å². The van der Waals surface area contributed by atoms with Gasteiger partial charge in [-0.15, -0.1) is 0 Å². The Bertz CT molecular complexity index is 1400. The SMILES string of the molecule is Cc1ccccc1NC(=O)c1cc2cc(Cl)ccc2n1NC(=O)C(=O)Nc1cccc(Cl)c1. The number of rotatable bonds is 4. The molecule has 0 spiro atoms. The van der Waals surface area contributed by atoms with Crippen LogP contribution in [-0.2, 0) is 9.59 Å². The number of anilines is 2. The van der Waals surface area contributed by atoms with Gasteiger partial charge in [0.05, 0.1) is 5.52 Å². The van der Waals surface area contributed by atoms with E-state index < -0.39 is 17.7 Å². The van der Waals surface area contributed by atoms with Gasteiger partial charge in [-0.2, -0.15) is 0 Å². The van der Waals surface area contributed by atoms with Crippen molar-refractivity contribution in [3.8, 4) is 0 Å². The quantitative estimate of drug-likeness (QED) is 0.349. The van der Waals surface area contributed by atoms with Crippen LogP contribution < -0.4 is 16.1 Å². The second-order valence-electron chi connectivity index (χ2n) is 7.24. The predicted octanol–water partition coefficient (Wildman–Crippen LogP) is 5.22. The molecule has 0 atom stereocenters. The van der Waals surface area contributed by atoms with Gasteiger partial charge in [-0.05, 0) is 61.0 Å². The summed E-state index contributed by atoms with van der Waals surface area (Å²) in [5, 5.41) is 6.81. The number of halogens is 2. The second-order valence-corrected chi connectivity index (χ2v) is 8.12. The van der Waals surface area contributed by atoms with E-state index >= 15 is 0 Å². The van der Waals surface area contributed by atoms with E-state index in [0.717, 1.165) is 5.56 Å². The average Bonchev–Trinajstić information content (AvgIpc) is 3.12. The van der Waals surface area contributed by atoms with Crippen LogP contribution >= 0.6 is 23.2 Å². The standard InChI is InChI=1S/C24H18Cl2N4O3/c1-14-5-2-3-8-19(14)28-22(31)21-12-15-11-17(26)9-10-20(15)30(21)29-24(33)23(32)27-18-7-4-6-16(25)13-18/h2-13H,1H3,(H,27,32)(H,28,31)(H,29,33). The van der Waals surface area contributed by atoms with Gasteiger partial charge in [0, 0.05) is 26.8 Å². The Labute approximate surface area is 199 Å². The molecule has 3 amide bonds. The molecule has 33 heavy (non-hydrogen) atoms. The molecule has 1 heterocycles. The molecule has 0 bridgehead atoms. The molecule has 9 heteroatoms. The van der Waals surface area contributed by atoms with E-state index in [0.29, 0.717) is 32.3 Å². The number of amides is 3. The lowest BCUT2D eigenvalue weighted by Gasteiger charge is -2.13. The monoisotopic (exact) mass is 480 g/mol. The van der Waals surface area contributed by atoms with Crippen LogP contribution in [-0.4, -0.2) is 22.4 Å². The minimum absolute atomic E-state index is 0.124. The summed E-state index contributed by atoms with van der Waals surface area (Å²) in [7, 11) is 0. The minimum Gasteiger partial charge on any atom is -0.320 e. The molecule has 0 aliphatic heterocycles. The number of nitrogens with zero attached hydrogens (tertiary/aromatic N) is 1. The third-order valence-corrected chi connectivity index (χ3v) is 5.36. The van der Waals surface area contributed by atoms with Gasteiger partial charge in [0.1, 0.15) is 5.69 Å². The van der Waals surface area contributed by atoms with Gasteiger partial charge >= 0.3 is 11.8 Å². The number of hydrogen-bond acceptors (Lipinski definition) is 3. The van der Waals surface area contributed by atoms with Crippen LogP contribution in [0.1, 0.15) is 16.1 Å². The van der Waals surface area contributed by atoms with Crippen LogP contribution in [0.4, 0.5) is 11.4 Å². The maximum Gasteiger partial charge on any atom is 0.328 e. The fourth-order valence-electron chi connectivity index (χ4n) is 3.28. The maximum absolute atomic E-state index is 13.1. The molecule has 0 saturated heterocycles. The Kier molecular flexibility index (Phi) is 6.35. The first-order chi connectivity index (χ1) is 15.8. The van der Waals surface area contributed by atoms with E-state index in [2.05, 4.69) is 16.1 Å². The van der Waals surface area contributed by atoms with Gasteiger partial charge in [0.15, 0.2) is 0 Å². The van der Waals surface area contributed by atoms with Gasteiger partial charge in [0.25, 0.3) is 5.91 Å². The largest absolute Gasteiger partial charge is 0.328 e. The Morgan fingerprint density at radius 3 is 2.30 bits per heavy atom. The highest BCUT2D eigenvalue weighted by Crippen LogP contribution is 2.24. The van der Waals surface area contributed by atoms with Gasteiger partial charge in [-0.25, -0.2) is 4.68 Å². The summed E-state index contributed by atoms with van der Waals surface area (Å²) >= 11 is 12.0. The van der Waals surface area contributed by atoms with Crippen molar-refractivity contribution in [1.82, 2.24) is 4.68 Å². The molecular formula is C24H18Cl2N4O3. The zero-order valence-corrected chi connectivity index (χ0v) is 18.9. The van der Waals surface area contributed by atoms with E-state index in [9.17, 15) is 14.4 Å². The number of aryl methyl sites for hydroxylation is 1. The maximum atomic E-state index is 13.1. The summed E-state index contributed by atoms with van der Waals surface area (Å²) < 4.78 is 1.26. The second kappa shape index (κ2) is 9.36. The van der Waals surface area contributed by atoms with E-state index in [4.69, 9.17) is 23.2 Å². The van der Waals surface area contributed by atoms with Crippen molar-refractivity contribution < 1.29 is 14.4 Å². The topological polar surface area (TPSA) is 92.2 Å². The fraction of sp³-hybridized carbons (Fsp3) is 0.0417. The van der Waals surface area contributed by atoms with Crippen molar-refractivity contribution in [2.45, 2.75) is 6.92 Å². The summed E-state index contributed by atoms with van der Waals surface area (Å²) in [5.74, 6) is -2.35. The average molecular weight is 481 g/mol. The summed E-state index contributed by atoms with van der Waals surface area (Å²) in [6.45, 7) is 1.87. The first-order valence-electron chi connectivity index (χ1n) is 9.88. The van der Waals surface area contributed by atoms with Crippen LogP contribution in [0, 0.1) is 6.92 Å². The molecule has 0 radical (unpaired) electrons. The number of para-hydroxylation sites is 1. The lowest BCUT2D eigenvalue weighted by Crippen LogP contribution is -2.36. The van der Waals surface area contributed by atoms with Crippen LogP contribution in [0.25, 0.3) is 10.9 Å². The molecule has 0 unspecified atom stereocenters. The van der Waals surface area contributed by atoms with Crippen molar-refractivity contribution in [3.05, 3.63) is 94.1 Å². The highest BCUT2D eigenvalue weighted by Gasteiger charge is 2.21. The highest BCUT2D eigenvalue weighted by atomic mass is 35.5. The minimum atomic E-state index is -0.965. The number of aromatic nitrogens is 1. The molecule has 3 aromatic carbocycles. The smallest absolute Gasteiger partial charge is 0.320 e. The van der Waals surface area contributed by atoms with Gasteiger partial charge in [-0.1, -0.05) is 47.5 Å². The summed E-state index contributed by atoms with van der Waals surface area (Å²) in [4.78, 5) is 38.2. The van der Waals surface area contributed by atoms with E-state index in [-0.39, 0.29) is 5.69 Å². The lowest BCUT2D eigenvalue weighted by molar-refractivity contribution is -0.133. The number of carbonyl (C=O) groups is 3. The number of benzene rings is 3. The lowest BCUT2D eigenvalue weighted by atomic mass is 10.2. The third-order valence-electron chi connectivity index (χ3n) is 4.89. The first-order valence-corrected chi connectivity index (χ1v) is 10.6. The number of nitrogens with one attached hydrogen (secondary N) is 3. The van der Waals surface area contributed by atoms with Gasteiger partial charge in [-0.3, -0.25) is 19.8 Å².